The van der Waals surface area contributed by atoms with Crippen LogP contribution in [0.25, 0.3) is 0 Å². The van der Waals surface area contributed by atoms with E-state index >= 15 is 0 Å². The zero-order valence-corrected chi connectivity index (χ0v) is 10.1. The number of carbonyl (C=O) groups is 2. The fraction of sp³-hybridized carbons (Fsp3) is 0.417. The molecule has 17 heavy (non-hydrogen) atoms. The minimum atomic E-state index is -0.0963. The Balaban J connectivity index is 2.95. The lowest BCUT2D eigenvalue weighted by atomic mass is 10.2. The van der Waals surface area contributed by atoms with Gasteiger partial charge in [0.25, 0.3) is 0 Å². The maximum absolute atomic E-state index is 11.4. The van der Waals surface area contributed by atoms with Crippen LogP contribution in [0.3, 0.4) is 0 Å². The van der Waals surface area contributed by atoms with Gasteiger partial charge in [0.05, 0.1) is 12.1 Å². The highest BCUT2D eigenvalue weighted by atomic mass is 16.2. The van der Waals surface area contributed by atoms with Crippen molar-refractivity contribution in [2.75, 3.05) is 25.0 Å². The van der Waals surface area contributed by atoms with E-state index in [0.29, 0.717) is 17.9 Å². The van der Waals surface area contributed by atoms with Crippen LogP contribution in [0.1, 0.15) is 23.7 Å². The van der Waals surface area contributed by atoms with Gasteiger partial charge in [-0.1, -0.05) is 6.92 Å². The maximum atomic E-state index is 11.4. The number of anilines is 1. The predicted octanol–water partition coefficient (Wildman–Crippen LogP) is 0.856. The van der Waals surface area contributed by atoms with Crippen molar-refractivity contribution in [1.82, 2.24) is 10.3 Å². The number of carbonyl (C=O) groups excluding carboxylic acids is 2. The number of nitrogens with zero attached hydrogens (tertiary/aromatic N) is 2. The average Bonchev–Trinajstić information content (AvgIpc) is 2.38. The Morgan fingerprint density at radius 2 is 2.35 bits per heavy atom. The fourth-order valence-electron chi connectivity index (χ4n) is 1.55. The summed E-state index contributed by atoms with van der Waals surface area (Å²) in [5.74, 6) is 0.467. The standard InChI is InChI=1S/C12H17N3O2/c1-3-7-15(8-11(17)13-2)12-10(9-16)5-4-6-14-12/h4-6,9H,3,7-8H2,1-2H3,(H,13,17). The monoisotopic (exact) mass is 235 g/mol. The highest BCUT2D eigenvalue weighted by Crippen LogP contribution is 2.15. The fourth-order valence-corrected chi connectivity index (χ4v) is 1.55. The molecule has 1 rings (SSSR count). The lowest BCUT2D eigenvalue weighted by Gasteiger charge is -2.23. The van der Waals surface area contributed by atoms with E-state index in [1.807, 2.05) is 11.8 Å². The lowest BCUT2D eigenvalue weighted by molar-refractivity contribution is -0.119. The number of hydrogen-bond acceptors (Lipinski definition) is 4. The summed E-state index contributed by atoms with van der Waals surface area (Å²) >= 11 is 0. The van der Waals surface area contributed by atoms with Crippen LogP contribution in [0, 0.1) is 0 Å². The van der Waals surface area contributed by atoms with Crippen LogP contribution in [0.2, 0.25) is 0 Å². The highest BCUT2D eigenvalue weighted by molar-refractivity contribution is 5.86. The van der Waals surface area contributed by atoms with Gasteiger partial charge in [-0.3, -0.25) is 9.59 Å². The van der Waals surface area contributed by atoms with Crippen LogP contribution >= 0.6 is 0 Å². The summed E-state index contributed by atoms with van der Waals surface area (Å²) in [7, 11) is 1.59. The maximum Gasteiger partial charge on any atom is 0.239 e. The van der Waals surface area contributed by atoms with E-state index < -0.39 is 0 Å². The van der Waals surface area contributed by atoms with Gasteiger partial charge in [-0.05, 0) is 18.6 Å². The van der Waals surface area contributed by atoms with Crippen molar-refractivity contribution in [3.05, 3.63) is 23.9 Å². The van der Waals surface area contributed by atoms with E-state index in [1.54, 1.807) is 25.4 Å². The number of aromatic nitrogens is 1. The van der Waals surface area contributed by atoms with Crippen LogP contribution in [-0.2, 0) is 4.79 Å². The third kappa shape index (κ3) is 3.55. The molecule has 1 heterocycles. The van der Waals surface area contributed by atoms with E-state index in [0.717, 1.165) is 12.7 Å². The molecule has 0 saturated heterocycles. The minimum absolute atomic E-state index is 0.0963. The average molecular weight is 235 g/mol. The topological polar surface area (TPSA) is 62.3 Å². The number of nitrogens with one attached hydrogen (secondary N) is 1. The molecule has 0 aliphatic rings. The molecule has 0 unspecified atom stereocenters. The lowest BCUT2D eigenvalue weighted by Crippen LogP contribution is -2.37. The van der Waals surface area contributed by atoms with Gasteiger partial charge in [0.1, 0.15) is 5.82 Å². The van der Waals surface area contributed by atoms with Gasteiger partial charge in [-0.15, -0.1) is 0 Å². The van der Waals surface area contributed by atoms with Gasteiger partial charge < -0.3 is 10.2 Å². The first-order valence-electron chi connectivity index (χ1n) is 5.58. The Labute approximate surface area is 101 Å². The van der Waals surface area contributed by atoms with Crippen LogP contribution in [0.5, 0.6) is 0 Å². The Morgan fingerprint density at radius 3 is 2.94 bits per heavy atom. The summed E-state index contributed by atoms with van der Waals surface area (Å²) in [6.07, 6.45) is 3.26. The first-order chi connectivity index (χ1) is 8.22. The number of pyridine rings is 1. The first kappa shape index (κ1) is 13.2. The van der Waals surface area contributed by atoms with E-state index in [4.69, 9.17) is 0 Å². The molecule has 92 valence electrons. The molecule has 0 aliphatic carbocycles. The molecule has 0 saturated carbocycles. The smallest absolute Gasteiger partial charge is 0.239 e. The Kier molecular flexibility index (Phi) is 5.13. The molecule has 0 radical (unpaired) electrons. The van der Waals surface area contributed by atoms with E-state index in [9.17, 15) is 9.59 Å². The summed E-state index contributed by atoms with van der Waals surface area (Å²) in [6.45, 7) is 2.91. The largest absolute Gasteiger partial charge is 0.358 e. The molecule has 0 atom stereocenters. The molecule has 5 heteroatoms. The quantitative estimate of drug-likeness (QED) is 0.743. The van der Waals surface area contributed by atoms with Crippen LogP contribution in [0.4, 0.5) is 5.82 Å². The van der Waals surface area contributed by atoms with Crippen LogP contribution in [0.15, 0.2) is 18.3 Å². The summed E-state index contributed by atoms with van der Waals surface area (Å²) < 4.78 is 0. The molecule has 1 aromatic rings. The molecule has 0 aliphatic heterocycles. The zero-order chi connectivity index (χ0) is 12.7. The van der Waals surface area contributed by atoms with Gasteiger partial charge in [-0.25, -0.2) is 4.98 Å². The number of rotatable bonds is 6. The molecule has 0 spiro atoms. The molecule has 0 aromatic carbocycles. The van der Waals surface area contributed by atoms with E-state index in [2.05, 4.69) is 10.3 Å². The number of hydrogen-bond donors (Lipinski definition) is 1. The van der Waals surface area contributed by atoms with E-state index in [-0.39, 0.29) is 12.5 Å². The Bertz CT molecular complexity index is 393. The first-order valence-corrected chi connectivity index (χ1v) is 5.58. The summed E-state index contributed by atoms with van der Waals surface area (Å²) in [5, 5.41) is 2.56. The van der Waals surface area contributed by atoms with Crippen molar-refractivity contribution in [2.45, 2.75) is 13.3 Å². The highest BCUT2D eigenvalue weighted by Gasteiger charge is 2.14. The van der Waals surface area contributed by atoms with Crippen molar-refractivity contribution in [2.24, 2.45) is 0 Å². The van der Waals surface area contributed by atoms with Crippen LogP contribution in [-0.4, -0.2) is 37.3 Å². The molecule has 1 aromatic heterocycles. The second kappa shape index (κ2) is 6.62. The second-order valence-corrected chi connectivity index (χ2v) is 3.63. The van der Waals surface area contributed by atoms with Crippen molar-refractivity contribution < 1.29 is 9.59 Å². The zero-order valence-electron chi connectivity index (χ0n) is 10.1. The molecule has 1 amide bonds. The Hall–Kier alpha value is -1.91. The second-order valence-electron chi connectivity index (χ2n) is 3.63. The molecule has 0 fully saturated rings. The van der Waals surface area contributed by atoms with Gasteiger partial charge >= 0.3 is 0 Å². The summed E-state index contributed by atoms with van der Waals surface area (Å²) in [6, 6.07) is 3.40. The molecular formula is C12H17N3O2. The number of amides is 1. The molecule has 1 N–H and O–H groups in total. The third-order valence-electron chi connectivity index (χ3n) is 2.35. The van der Waals surface area contributed by atoms with Crippen molar-refractivity contribution in [3.8, 4) is 0 Å². The van der Waals surface area contributed by atoms with Crippen LogP contribution < -0.4 is 10.2 Å². The number of aldehydes is 1. The normalized spacial score (nSPS) is 9.76. The van der Waals surface area contributed by atoms with Crippen molar-refractivity contribution in [1.29, 1.82) is 0 Å². The minimum Gasteiger partial charge on any atom is -0.358 e. The van der Waals surface area contributed by atoms with Gasteiger partial charge in [0.15, 0.2) is 6.29 Å². The summed E-state index contributed by atoms with van der Waals surface area (Å²) in [5.41, 5.74) is 0.504. The van der Waals surface area contributed by atoms with Crippen molar-refractivity contribution >= 4 is 18.0 Å². The molecular weight excluding hydrogens is 218 g/mol. The van der Waals surface area contributed by atoms with Crippen molar-refractivity contribution in [3.63, 3.8) is 0 Å². The van der Waals surface area contributed by atoms with E-state index in [1.165, 1.54) is 0 Å². The summed E-state index contributed by atoms with van der Waals surface area (Å²) in [4.78, 5) is 28.3. The van der Waals surface area contributed by atoms with Gasteiger partial charge in [0, 0.05) is 19.8 Å². The SMILES string of the molecule is CCCN(CC(=O)NC)c1ncccc1C=O. The Morgan fingerprint density at radius 1 is 1.59 bits per heavy atom. The molecule has 5 nitrogen and oxygen atoms in total. The predicted molar refractivity (Wildman–Crippen MR) is 66.2 cm³/mol. The molecule has 0 bridgehead atoms. The van der Waals surface area contributed by atoms with Gasteiger partial charge in [-0.2, -0.15) is 0 Å². The third-order valence-corrected chi connectivity index (χ3v) is 2.35. The number of likely N-dealkylation sites (N-methyl/N-ethyl adjacent to an activating group) is 1. The van der Waals surface area contributed by atoms with Gasteiger partial charge in [0.2, 0.25) is 5.91 Å².